The highest BCUT2D eigenvalue weighted by molar-refractivity contribution is 8.15. The van der Waals surface area contributed by atoms with Gasteiger partial charge in [-0.2, -0.15) is 0 Å². The molecule has 0 bridgehead atoms. The Morgan fingerprint density at radius 2 is 2.09 bits per heavy atom. The molecule has 0 N–H and O–H groups in total. The van der Waals surface area contributed by atoms with Crippen LogP contribution in [0, 0.1) is 13.8 Å². The van der Waals surface area contributed by atoms with Gasteiger partial charge < -0.3 is 9.64 Å². The second-order valence-electron chi connectivity index (χ2n) is 5.06. The van der Waals surface area contributed by atoms with Crippen molar-refractivity contribution in [3.05, 3.63) is 23.3 Å². The average Bonchev–Trinajstić information content (AvgIpc) is 2.79. The first-order valence-electron chi connectivity index (χ1n) is 6.96. The molecule has 1 aromatic carbocycles. The molecule has 1 aromatic rings. The standard InChI is InChI=1S/C15H19Cl2N3OS/c1-5-20(4)8-18-11-6-10(3)12(7-9(11)2)21-15-19-13(16)14(17)22-15/h6-8,13-14H,5H2,1-4H3. The highest BCUT2D eigenvalue weighted by Gasteiger charge is 2.28. The van der Waals surface area contributed by atoms with Crippen LogP contribution in [0.25, 0.3) is 0 Å². The Balaban J connectivity index is 2.16. The molecule has 0 aromatic heterocycles. The van der Waals surface area contributed by atoms with Crippen LogP contribution in [0.4, 0.5) is 5.69 Å². The fourth-order valence-electron chi connectivity index (χ4n) is 1.75. The molecule has 22 heavy (non-hydrogen) atoms. The summed E-state index contributed by atoms with van der Waals surface area (Å²) in [5.74, 6) is 0.751. The number of hydrogen-bond donors (Lipinski definition) is 0. The number of benzene rings is 1. The van der Waals surface area contributed by atoms with Crippen LogP contribution in [-0.2, 0) is 0 Å². The fraction of sp³-hybridized carbons (Fsp3) is 0.467. The van der Waals surface area contributed by atoms with Gasteiger partial charge in [-0.1, -0.05) is 11.6 Å². The van der Waals surface area contributed by atoms with Gasteiger partial charge in [0.05, 0.1) is 12.0 Å². The molecule has 120 valence electrons. The molecule has 0 fully saturated rings. The smallest absolute Gasteiger partial charge is 0.254 e. The minimum absolute atomic E-state index is 0.286. The number of ether oxygens (including phenoxy) is 1. The zero-order valence-corrected chi connectivity index (χ0v) is 15.3. The molecule has 4 nitrogen and oxygen atoms in total. The summed E-state index contributed by atoms with van der Waals surface area (Å²) in [6, 6.07) is 3.96. The predicted molar refractivity (Wildman–Crippen MR) is 97.3 cm³/mol. The number of halogens is 2. The Hall–Kier alpha value is -0.910. The van der Waals surface area contributed by atoms with Gasteiger partial charge in [-0.05, 0) is 55.8 Å². The number of nitrogens with zero attached hydrogens (tertiary/aromatic N) is 3. The van der Waals surface area contributed by atoms with E-state index in [1.165, 1.54) is 11.8 Å². The molecule has 1 heterocycles. The minimum atomic E-state index is -0.448. The van der Waals surface area contributed by atoms with Crippen molar-refractivity contribution in [3.8, 4) is 5.75 Å². The van der Waals surface area contributed by atoms with E-state index in [1.54, 1.807) is 0 Å². The van der Waals surface area contributed by atoms with Gasteiger partial charge in [0.25, 0.3) is 5.23 Å². The van der Waals surface area contributed by atoms with Crippen LogP contribution in [0.3, 0.4) is 0 Å². The Morgan fingerprint density at radius 1 is 1.36 bits per heavy atom. The molecule has 2 rings (SSSR count). The molecule has 1 aliphatic rings. The minimum Gasteiger partial charge on any atom is -0.434 e. The van der Waals surface area contributed by atoms with Crippen molar-refractivity contribution in [2.24, 2.45) is 9.98 Å². The summed E-state index contributed by atoms with van der Waals surface area (Å²) in [5.41, 5.74) is 2.51. The van der Waals surface area contributed by atoms with Gasteiger partial charge in [0.15, 0.2) is 5.50 Å². The molecule has 2 unspecified atom stereocenters. The number of aliphatic imine (C=N–C) groups is 2. The molecule has 0 spiro atoms. The van der Waals surface area contributed by atoms with E-state index in [9.17, 15) is 0 Å². The van der Waals surface area contributed by atoms with Crippen molar-refractivity contribution in [2.75, 3.05) is 13.6 Å². The first-order chi connectivity index (χ1) is 10.4. The quantitative estimate of drug-likeness (QED) is 0.343. The number of rotatable bonds is 4. The molecule has 0 amide bonds. The monoisotopic (exact) mass is 359 g/mol. The van der Waals surface area contributed by atoms with Gasteiger partial charge in [0.1, 0.15) is 10.5 Å². The summed E-state index contributed by atoms with van der Waals surface area (Å²) in [4.78, 5) is 10.7. The Labute approximate surface area is 145 Å². The lowest BCUT2D eigenvalue weighted by atomic mass is 10.1. The summed E-state index contributed by atoms with van der Waals surface area (Å²) in [5, 5.41) is 0.504. The summed E-state index contributed by atoms with van der Waals surface area (Å²) in [6.07, 6.45) is 1.83. The largest absolute Gasteiger partial charge is 0.434 e. The van der Waals surface area contributed by atoms with Crippen molar-refractivity contribution in [1.29, 1.82) is 0 Å². The van der Waals surface area contributed by atoms with Crippen LogP contribution in [-0.4, -0.2) is 40.3 Å². The SMILES string of the molecule is CCN(C)C=Nc1cc(C)c(OC2=NC(Cl)C(Cl)S2)cc1C. The van der Waals surface area contributed by atoms with E-state index in [-0.39, 0.29) is 4.71 Å². The van der Waals surface area contributed by atoms with Crippen molar-refractivity contribution >= 4 is 52.2 Å². The number of thioether (sulfide) groups is 1. The van der Waals surface area contributed by atoms with Crippen LogP contribution < -0.4 is 4.74 Å². The molecule has 0 saturated heterocycles. The Morgan fingerprint density at radius 3 is 2.68 bits per heavy atom. The van der Waals surface area contributed by atoms with E-state index >= 15 is 0 Å². The molecule has 0 saturated carbocycles. The van der Waals surface area contributed by atoms with E-state index in [0.717, 1.165) is 29.1 Å². The molecular weight excluding hydrogens is 341 g/mol. The van der Waals surface area contributed by atoms with Crippen LogP contribution in [0.2, 0.25) is 0 Å². The highest BCUT2D eigenvalue weighted by atomic mass is 35.5. The maximum absolute atomic E-state index is 6.02. The molecular formula is C15H19Cl2N3OS. The van der Waals surface area contributed by atoms with Crippen molar-refractivity contribution in [3.63, 3.8) is 0 Å². The summed E-state index contributed by atoms with van der Waals surface area (Å²) >= 11 is 13.3. The van der Waals surface area contributed by atoms with Crippen LogP contribution in [0.15, 0.2) is 22.1 Å². The maximum Gasteiger partial charge on any atom is 0.254 e. The molecule has 7 heteroatoms. The van der Waals surface area contributed by atoms with E-state index in [1.807, 2.05) is 44.3 Å². The summed E-state index contributed by atoms with van der Waals surface area (Å²) in [7, 11) is 1.99. The van der Waals surface area contributed by atoms with Gasteiger partial charge in [-0.3, -0.25) is 0 Å². The maximum atomic E-state index is 6.02. The Bertz CT molecular complexity index is 607. The summed E-state index contributed by atoms with van der Waals surface area (Å²) in [6.45, 7) is 6.98. The van der Waals surface area contributed by atoms with E-state index < -0.39 is 5.50 Å². The Kier molecular flexibility index (Phi) is 6.01. The normalized spacial score (nSPS) is 21.3. The van der Waals surface area contributed by atoms with E-state index in [0.29, 0.717) is 5.23 Å². The van der Waals surface area contributed by atoms with Crippen molar-refractivity contribution < 1.29 is 4.74 Å². The lowest BCUT2D eigenvalue weighted by Crippen LogP contribution is -2.14. The fourth-order valence-corrected chi connectivity index (χ4v) is 3.02. The molecule has 1 aliphatic heterocycles. The van der Waals surface area contributed by atoms with Gasteiger partial charge >= 0.3 is 0 Å². The average molecular weight is 360 g/mol. The topological polar surface area (TPSA) is 37.2 Å². The van der Waals surface area contributed by atoms with Gasteiger partial charge in [-0.25, -0.2) is 9.98 Å². The first-order valence-corrected chi connectivity index (χ1v) is 8.72. The molecule has 0 radical (unpaired) electrons. The second kappa shape index (κ2) is 7.57. The van der Waals surface area contributed by atoms with Gasteiger partial charge in [0, 0.05) is 13.6 Å². The first kappa shape index (κ1) is 17.4. The zero-order chi connectivity index (χ0) is 16.3. The van der Waals surface area contributed by atoms with Gasteiger partial charge in [0.2, 0.25) is 0 Å². The van der Waals surface area contributed by atoms with Crippen LogP contribution in [0.1, 0.15) is 18.1 Å². The van der Waals surface area contributed by atoms with E-state index in [2.05, 4.69) is 16.9 Å². The lowest BCUT2D eigenvalue weighted by molar-refractivity contribution is 0.551. The summed E-state index contributed by atoms with van der Waals surface area (Å²) < 4.78 is 5.53. The zero-order valence-electron chi connectivity index (χ0n) is 13.0. The third kappa shape index (κ3) is 4.31. The van der Waals surface area contributed by atoms with Crippen molar-refractivity contribution in [1.82, 2.24) is 4.90 Å². The molecule has 2 atom stereocenters. The van der Waals surface area contributed by atoms with Crippen LogP contribution >= 0.6 is 35.0 Å². The van der Waals surface area contributed by atoms with Crippen molar-refractivity contribution in [2.45, 2.75) is 31.0 Å². The number of aryl methyl sites for hydroxylation is 2. The highest BCUT2D eigenvalue weighted by Crippen LogP contribution is 2.35. The van der Waals surface area contributed by atoms with Crippen LogP contribution in [0.5, 0.6) is 5.75 Å². The number of hydrogen-bond acceptors (Lipinski definition) is 4. The third-order valence-electron chi connectivity index (χ3n) is 3.24. The number of alkyl halides is 2. The second-order valence-corrected chi connectivity index (χ2v) is 7.33. The predicted octanol–water partition coefficient (Wildman–Crippen LogP) is 4.53. The van der Waals surface area contributed by atoms with E-state index in [4.69, 9.17) is 27.9 Å². The third-order valence-corrected chi connectivity index (χ3v) is 5.25. The lowest BCUT2D eigenvalue weighted by Gasteiger charge is -2.12. The molecule has 0 aliphatic carbocycles. The van der Waals surface area contributed by atoms with Gasteiger partial charge in [-0.15, -0.1) is 11.6 Å².